The van der Waals surface area contributed by atoms with E-state index in [-0.39, 0.29) is 0 Å². The number of carbonyl (C=O) groups is 2. The molecule has 0 aliphatic heterocycles. The number of amides is 3. The fraction of sp³-hybridized carbons (Fsp3) is 0.0800. The van der Waals surface area contributed by atoms with E-state index in [0.717, 1.165) is 16.7 Å². The van der Waals surface area contributed by atoms with Gasteiger partial charge in [-0.15, -0.1) is 0 Å². The highest BCUT2D eigenvalue weighted by molar-refractivity contribution is 6.33. The van der Waals surface area contributed by atoms with Crippen molar-refractivity contribution < 1.29 is 9.59 Å². The van der Waals surface area contributed by atoms with Crippen molar-refractivity contribution in [3.05, 3.63) is 101 Å². The number of para-hydroxylation sites is 1. The molecule has 4 rings (SSSR count). The standard InChI is InChI=1S/C25H21ClN4O2/c1-16-10-12-17(13-11-16)15-27-25(32)30-29-24(31)20-14-23(19-7-2-4-8-21(19)26)28-22-9-5-3-6-18(20)22/h2-14H,15H2,1H3,(H,29,31)(H2,27,30,32). The van der Waals surface area contributed by atoms with E-state index in [2.05, 4.69) is 21.2 Å². The van der Waals surface area contributed by atoms with Crippen LogP contribution in [0.5, 0.6) is 0 Å². The maximum absolute atomic E-state index is 12.9. The predicted octanol–water partition coefficient (Wildman–Crippen LogP) is 5.01. The van der Waals surface area contributed by atoms with E-state index in [1.54, 1.807) is 12.1 Å². The summed E-state index contributed by atoms with van der Waals surface area (Å²) in [6.45, 7) is 2.34. The predicted molar refractivity (Wildman–Crippen MR) is 126 cm³/mol. The third kappa shape index (κ3) is 4.87. The number of hydrazine groups is 1. The fourth-order valence-corrected chi connectivity index (χ4v) is 3.52. The van der Waals surface area contributed by atoms with E-state index in [9.17, 15) is 9.59 Å². The average molecular weight is 445 g/mol. The zero-order valence-electron chi connectivity index (χ0n) is 17.4. The smallest absolute Gasteiger partial charge is 0.333 e. The molecule has 32 heavy (non-hydrogen) atoms. The lowest BCUT2D eigenvalue weighted by molar-refractivity contribution is 0.0938. The number of rotatable bonds is 4. The Kier molecular flexibility index (Phi) is 6.33. The molecule has 0 aliphatic rings. The molecular weight excluding hydrogens is 424 g/mol. The molecule has 3 amide bonds. The fourth-order valence-electron chi connectivity index (χ4n) is 3.28. The van der Waals surface area contributed by atoms with Gasteiger partial charge in [0.25, 0.3) is 5.91 Å². The summed E-state index contributed by atoms with van der Waals surface area (Å²) in [5, 5.41) is 3.92. The van der Waals surface area contributed by atoms with Crippen molar-refractivity contribution in [2.75, 3.05) is 0 Å². The summed E-state index contributed by atoms with van der Waals surface area (Å²) < 4.78 is 0. The van der Waals surface area contributed by atoms with Crippen molar-refractivity contribution in [1.82, 2.24) is 21.2 Å². The van der Waals surface area contributed by atoms with Crippen LogP contribution in [0.1, 0.15) is 21.5 Å². The summed E-state index contributed by atoms with van der Waals surface area (Å²) in [4.78, 5) is 29.7. The number of halogens is 1. The van der Waals surface area contributed by atoms with Crippen LogP contribution in [0.4, 0.5) is 4.79 Å². The van der Waals surface area contributed by atoms with E-state index < -0.39 is 11.9 Å². The first-order chi connectivity index (χ1) is 15.5. The van der Waals surface area contributed by atoms with Gasteiger partial charge in [0.05, 0.1) is 16.8 Å². The minimum atomic E-state index is -0.511. The zero-order valence-corrected chi connectivity index (χ0v) is 18.1. The number of aromatic nitrogens is 1. The Morgan fingerprint density at radius 2 is 1.62 bits per heavy atom. The molecule has 0 saturated heterocycles. The van der Waals surface area contributed by atoms with Crippen LogP contribution in [0.2, 0.25) is 5.02 Å². The molecule has 0 unspecified atom stereocenters. The van der Waals surface area contributed by atoms with Crippen LogP contribution in [-0.4, -0.2) is 16.9 Å². The number of fused-ring (bicyclic) bond motifs is 1. The molecule has 4 aromatic rings. The quantitative estimate of drug-likeness (QED) is 0.387. The normalized spacial score (nSPS) is 10.6. The van der Waals surface area contributed by atoms with Gasteiger partial charge in [-0.1, -0.05) is 77.8 Å². The molecule has 1 heterocycles. The van der Waals surface area contributed by atoms with Crippen LogP contribution < -0.4 is 16.2 Å². The SMILES string of the molecule is Cc1ccc(CNC(=O)NNC(=O)c2cc(-c3ccccc3Cl)nc3ccccc23)cc1. The first kappa shape index (κ1) is 21.3. The highest BCUT2D eigenvalue weighted by atomic mass is 35.5. The van der Waals surface area contributed by atoms with E-state index in [1.807, 2.05) is 73.7 Å². The Morgan fingerprint density at radius 1 is 0.906 bits per heavy atom. The van der Waals surface area contributed by atoms with Crippen molar-refractivity contribution in [3.8, 4) is 11.3 Å². The van der Waals surface area contributed by atoms with Gasteiger partial charge in [-0.2, -0.15) is 0 Å². The average Bonchev–Trinajstić information content (AvgIpc) is 2.81. The summed E-state index contributed by atoms with van der Waals surface area (Å²) in [5.41, 5.74) is 9.30. The van der Waals surface area contributed by atoms with E-state index >= 15 is 0 Å². The first-order valence-electron chi connectivity index (χ1n) is 10.1. The van der Waals surface area contributed by atoms with Crippen molar-refractivity contribution in [2.24, 2.45) is 0 Å². The molecule has 6 nitrogen and oxygen atoms in total. The van der Waals surface area contributed by atoms with Crippen LogP contribution >= 0.6 is 11.6 Å². The third-order valence-corrected chi connectivity index (χ3v) is 5.30. The molecule has 0 radical (unpaired) electrons. The molecule has 160 valence electrons. The molecular formula is C25H21ClN4O2. The van der Waals surface area contributed by atoms with Gasteiger partial charge >= 0.3 is 6.03 Å². The zero-order chi connectivity index (χ0) is 22.5. The van der Waals surface area contributed by atoms with Gasteiger partial charge in [-0.25, -0.2) is 15.2 Å². The molecule has 3 aromatic carbocycles. The van der Waals surface area contributed by atoms with Crippen molar-refractivity contribution in [1.29, 1.82) is 0 Å². The van der Waals surface area contributed by atoms with Crippen LogP contribution in [0.25, 0.3) is 22.2 Å². The maximum Gasteiger partial charge on any atom is 0.333 e. The first-order valence-corrected chi connectivity index (χ1v) is 10.4. The third-order valence-electron chi connectivity index (χ3n) is 4.97. The Balaban J connectivity index is 1.50. The van der Waals surface area contributed by atoms with E-state index in [1.165, 1.54) is 0 Å². The summed E-state index contributed by atoms with van der Waals surface area (Å²) in [5.74, 6) is -0.456. The number of pyridine rings is 1. The lowest BCUT2D eigenvalue weighted by Gasteiger charge is -2.12. The Labute approximate surface area is 190 Å². The number of hydrogen-bond donors (Lipinski definition) is 3. The maximum atomic E-state index is 12.9. The lowest BCUT2D eigenvalue weighted by Crippen LogP contribution is -2.46. The van der Waals surface area contributed by atoms with Gasteiger partial charge in [0.15, 0.2) is 0 Å². The number of urea groups is 1. The van der Waals surface area contributed by atoms with Gasteiger partial charge < -0.3 is 5.32 Å². The number of aryl methyl sites for hydroxylation is 1. The number of nitrogens with zero attached hydrogens (tertiary/aromatic N) is 1. The highest BCUT2D eigenvalue weighted by Crippen LogP contribution is 2.29. The van der Waals surface area contributed by atoms with E-state index in [0.29, 0.717) is 33.7 Å². The van der Waals surface area contributed by atoms with Gasteiger partial charge in [0, 0.05) is 22.5 Å². The molecule has 0 spiro atoms. The summed E-state index contributed by atoms with van der Waals surface area (Å²) >= 11 is 6.33. The van der Waals surface area contributed by atoms with Gasteiger partial charge in [-0.05, 0) is 30.7 Å². The number of nitrogens with one attached hydrogen (secondary N) is 3. The second kappa shape index (κ2) is 9.49. The lowest BCUT2D eigenvalue weighted by atomic mass is 10.0. The molecule has 3 N–H and O–H groups in total. The molecule has 0 saturated carbocycles. The minimum Gasteiger partial charge on any atom is -0.333 e. The van der Waals surface area contributed by atoms with Crippen LogP contribution in [-0.2, 0) is 6.54 Å². The highest BCUT2D eigenvalue weighted by Gasteiger charge is 2.15. The van der Waals surface area contributed by atoms with Crippen molar-refractivity contribution in [3.63, 3.8) is 0 Å². The number of hydrogen-bond acceptors (Lipinski definition) is 3. The Bertz CT molecular complexity index is 1290. The monoisotopic (exact) mass is 444 g/mol. The van der Waals surface area contributed by atoms with Crippen molar-refractivity contribution in [2.45, 2.75) is 13.5 Å². The van der Waals surface area contributed by atoms with Crippen LogP contribution in [0.3, 0.4) is 0 Å². The summed E-state index contributed by atoms with van der Waals surface area (Å²) in [7, 11) is 0. The van der Waals surface area contributed by atoms with Gasteiger partial charge in [0.2, 0.25) is 0 Å². The van der Waals surface area contributed by atoms with Crippen LogP contribution in [0, 0.1) is 6.92 Å². The molecule has 1 aromatic heterocycles. The molecule has 0 fully saturated rings. The Morgan fingerprint density at radius 3 is 2.41 bits per heavy atom. The van der Waals surface area contributed by atoms with Crippen LogP contribution in [0.15, 0.2) is 78.9 Å². The molecule has 7 heteroatoms. The van der Waals surface area contributed by atoms with E-state index in [4.69, 9.17) is 11.6 Å². The number of carbonyl (C=O) groups excluding carboxylic acids is 2. The topological polar surface area (TPSA) is 83.1 Å². The second-order valence-corrected chi connectivity index (χ2v) is 7.71. The largest absolute Gasteiger partial charge is 0.333 e. The summed E-state index contributed by atoms with van der Waals surface area (Å²) in [6.07, 6.45) is 0. The van der Waals surface area contributed by atoms with Gasteiger partial charge in [0.1, 0.15) is 0 Å². The molecule has 0 bridgehead atoms. The van der Waals surface area contributed by atoms with Gasteiger partial charge in [-0.3, -0.25) is 10.2 Å². The Hall–Kier alpha value is -3.90. The number of benzene rings is 3. The molecule has 0 atom stereocenters. The second-order valence-electron chi connectivity index (χ2n) is 7.30. The summed E-state index contributed by atoms with van der Waals surface area (Å²) in [6, 6.07) is 23.6. The van der Waals surface area contributed by atoms with Crippen molar-refractivity contribution >= 4 is 34.4 Å². The minimum absolute atomic E-state index is 0.344. The molecule has 0 aliphatic carbocycles.